The second-order valence-electron chi connectivity index (χ2n) is 6.42. The number of pyridine rings is 1. The van der Waals surface area contributed by atoms with Gasteiger partial charge < -0.3 is 10.6 Å². The summed E-state index contributed by atoms with van der Waals surface area (Å²) in [6.45, 7) is 1.40. The molecule has 6 heteroatoms. The van der Waals surface area contributed by atoms with Crippen LogP contribution >= 0.6 is 0 Å². The monoisotopic (exact) mass is 385 g/mol. The van der Waals surface area contributed by atoms with Gasteiger partial charge in [-0.2, -0.15) is 0 Å². The van der Waals surface area contributed by atoms with Crippen LogP contribution < -0.4 is 10.6 Å². The van der Waals surface area contributed by atoms with E-state index in [4.69, 9.17) is 4.98 Å². The molecule has 4 rings (SSSR count). The number of nitrogens with one attached hydrogen (secondary N) is 2. The fourth-order valence-electron chi connectivity index (χ4n) is 2.97. The van der Waals surface area contributed by atoms with Crippen molar-refractivity contribution in [1.29, 1.82) is 0 Å². The van der Waals surface area contributed by atoms with Crippen molar-refractivity contribution >= 4 is 11.6 Å². The third-order valence-electron chi connectivity index (χ3n) is 4.41. The zero-order chi connectivity index (χ0) is 19.9. The number of halogens is 1. The van der Waals surface area contributed by atoms with Gasteiger partial charge in [0.15, 0.2) is 0 Å². The first kappa shape index (κ1) is 18.6. The number of hydrogen-bond donors (Lipinski definition) is 2. The molecule has 144 valence electrons. The molecule has 0 radical (unpaired) electrons. The molecule has 2 heterocycles. The first-order valence-corrected chi connectivity index (χ1v) is 9.36. The smallest absolute Gasteiger partial charge is 0.223 e. The van der Waals surface area contributed by atoms with E-state index >= 15 is 0 Å². The third-order valence-corrected chi connectivity index (χ3v) is 4.41. The largest absolute Gasteiger partial charge is 0.383 e. The first-order valence-electron chi connectivity index (χ1n) is 9.36. The molecule has 0 saturated carbocycles. The van der Waals surface area contributed by atoms with Crippen LogP contribution in [-0.4, -0.2) is 28.0 Å². The van der Waals surface area contributed by atoms with Gasteiger partial charge in [0, 0.05) is 48.5 Å². The van der Waals surface area contributed by atoms with E-state index in [-0.39, 0.29) is 5.82 Å². The summed E-state index contributed by atoms with van der Waals surface area (Å²) >= 11 is 0. The Morgan fingerprint density at radius 1 is 0.759 bits per heavy atom. The van der Waals surface area contributed by atoms with Crippen LogP contribution in [0.2, 0.25) is 0 Å². The predicted molar refractivity (Wildman–Crippen MR) is 114 cm³/mol. The van der Waals surface area contributed by atoms with Crippen LogP contribution in [0, 0.1) is 5.82 Å². The maximum Gasteiger partial charge on any atom is 0.223 e. The molecule has 29 heavy (non-hydrogen) atoms. The van der Waals surface area contributed by atoms with Crippen LogP contribution in [0.1, 0.15) is 0 Å². The zero-order valence-electron chi connectivity index (χ0n) is 15.7. The summed E-state index contributed by atoms with van der Waals surface area (Å²) in [7, 11) is 0. The molecule has 0 aliphatic rings. The normalized spacial score (nSPS) is 10.5. The van der Waals surface area contributed by atoms with Crippen molar-refractivity contribution in [3.63, 3.8) is 0 Å². The van der Waals surface area contributed by atoms with Crippen LogP contribution in [-0.2, 0) is 0 Å². The molecule has 0 aliphatic heterocycles. The molecule has 0 aliphatic carbocycles. The molecule has 0 saturated heterocycles. The van der Waals surface area contributed by atoms with Gasteiger partial charge in [-0.05, 0) is 42.0 Å². The highest BCUT2D eigenvalue weighted by atomic mass is 19.1. The van der Waals surface area contributed by atoms with Gasteiger partial charge in [-0.1, -0.05) is 30.3 Å². The van der Waals surface area contributed by atoms with Crippen molar-refractivity contribution in [2.24, 2.45) is 0 Å². The minimum atomic E-state index is -0.274. The van der Waals surface area contributed by atoms with Gasteiger partial charge in [-0.15, -0.1) is 0 Å². The number of nitrogens with zero attached hydrogens (tertiary/aromatic N) is 3. The summed E-state index contributed by atoms with van der Waals surface area (Å²) in [5.74, 6) is 0.266. The lowest BCUT2D eigenvalue weighted by Crippen LogP contribution is -2.15. The van der Waals surface area contributed by atoms with Crippen LogP contribution in [0.5, 0.6) is 0 Å². The number of aromatic nitrogens is 3. The standard InChI is InChI=1S/C23H20FN5/c24-19-8-6-17(7-9-19)21-16-28-23(29-22(21)18-10-12-25-13-11-18)27-15-14-26-20-4-2-1-3-5-20/h1-13,16,26H,14-15H2,(H,27,28,29). The third kappa shape index (κ3) is 4.73. The molecule has 0 unspecified atom stereocenters. The lowest BCUT2D eigenvalue weighted by molar-refractivity contribution is 0.628. The topological polar surface area (TPSA) is 62.7 Å². The Kier molecular flexibility index (Phi) is 5.71. The van der Waals surface area contributed by atoms with Crippen molar-refractivity contribution in [2.75, 3.05) is 23.7 Å². The average molecular weight is 385 g/mol. The van der Waals surface area contributed by atoms with E-state index in [0.717, 1.165) is 34.6 Å². The van der Waals surface area contributed by atoms with Crippen LogP contribution in [0.15, 0.2) is 85.3 Å². The Hall–Kier alpha value is -3.80. The molecule has 2 aromatic heterocycles. The summed E-state index contributed by atoms with van der Waals surface area (Å²) in [6.07, 6.45) is 5.22. The van der Waals surface area contributed by atoms with E-state index < -0.39 is 0 Å². The molecule has 0 fully saturated rings. The van der Waals surface area contributed by atoms with Gasteiger partial charge in [0.25, 0.3) is 0 Å². The van der Waals surface area contributed by atoms with Crippen molar-refractivity contribution in [3.8, 4) is 22.4 Å². The maximum atomic E-state index is 13.3. The van der Waals surface area contributed by atoms with E-state index in [9.17, 15) is 4.39 Å². The second-order valence-corrected chi connectivity index (χ2v) is 6.42. The quantitative estimate of drug-likeness (QED) is 0.445. The fourth-order valence-corrected chi connectivity index (χ4v) is 2.97. The summed E-state index contributed by atoms with van der Waals surface area (Å²) in [4.78, 5) is 13.2. The average Bonchev–Trinajstić information content (AvgIpc) is 2.79. The van der Waals surface area contributed by atoms with E-state index in [1.54, 1.807) is 30.7 Å². The fraction of sp³-hybridized carbons (Fsp3) is 0.0870. The molecule has 0 atom stereocenters. The summed E-state index contributed by atoms with van der Waals surface area (Å²) in [6, 6.07) is 20.2. The van der Waals surface area contributed by atoms with Gasteiger partial charge in [0.05, 0.1) is 5.69 Å². The molecule has 4 aromatic rings. The van der Waals surface area contributed by atoms with Crippen molar-refractivity contribution in [1.82, 2.24) is 15.0 Å². The molecule has 5 nitrogen and oxygen atoms in total. The van der Waals surface area contributed by atoms with Crippen LogP contribution in [0.4, 0.5) is 16.0 Å². The minimum Gasteiger partial charge on any atom is -0.383 e. The number of benzene rings is 2. The molecule has 2 N–H and O–H groups in total. The van der Waals surface area contributed by atoms with Gasteiger partial charge >= 0.3 is 0 Å². The molecular formula is C23H20FN5. The number of hydrogen-bond acceptors (Lipinski definition) is 5. The van der Waals surface area contributed by atoms with E-state index in [1.165, 1.54) is 12.1 Å². The number of para-hydroxylation sites is 1. The Bertz CT molecular complexity index is 1050. The first-order chi connectivity index (χ1) is 14.3. The molecular weight excluding hydrogens is 365 g/mol. The zero-order valence-corrected chi connectivity index (χ0v) is 15.7. The van der Waals surface area contributed by atoms with E-state index in [1.807, 2.05) is 42.5 Å². The molecule has 2 aromatic carbocycles. The Morgan fingerprint density at radius 3 is 2.24 bits per heavy atom. The van der Waals surface area contributed by atoms with Crippen molar-refractivity contribution in [3.05, 3.63) is 91.1 Å². The van der Waals surface area contributed by atoms with Crippen LogP contribution in [0.25, 0.3) is 22.4 Å². The highest BCUT2D eigenvalue weighted by Gasteiger charge is 2.12. The Labute approximate surface area is 168 Å². The van der Waals surface area contributed by atoms with E-state index in [2.05, 4.69) is 20.6 Å². The highest BCUT2D eigenvalue weighted by molar-refractivity contribution is 5.80. The SMILES string of the molecule is Fc1ccc(-c2cnc(NCCNc3ccccc3)nc2-c2ccncc2)cc1. The van der Waals surface area contributed by atoms with Gasteiger partial charge in [-0.25, -0.2) is 14.4 Å². The summed E-state index contributed by atoms with van der Waals surface area (Å²) in [5, 5.41) is 6.59. The Balaban J connectivity index is 1.54. The highest BCUT2D eigenvalue weighted by Crippen LogP contribution is 2.30. The predicted octanol–water partition coefficient (Wildman–Crippen LogP) is 4.87. The molecule has 0 amide bonds. The maximum absolute atomic E-state index is 13.3. The lowest BCUT2D eigenvalue weighted by Gasteiger charge is -2.12. The Morgan fingerprint density at radius 2 is 1.48 bits per heavy atom. The summed E-state index contributed by atoms with van der Waals surface area (Å²) < 4.78 is 13.3. The number of rotatable bonds is 7. The number of anilines is 2. The molecule has 0 spiro atoms. The van der Waals surface area contributed by atoms with Gasteiger partial charge in [0.1, 0.15) is 5.82 Å². The lowest BCUT2D eigenvalue weighted by atomic mass is 10.0. The van der Waals surface area contributed by atoms with E-state index in [0.29, 0.717) is 12.5 Å². The molecule has 0 bridgehead atoms. The van der Waals surface area contributed by atoms with Gasteiger partial charge in [0.2, 0.25) is 5.95 Å². The van der Waals surface area contributed by atoms with Crippen LogP contribution in [0.3, 0.4) is 0 Å². The summed E-state index contributed by atoms with van der Waals surface area (Å²) in [5.41, 5.74) is 4.46. The van der Waals surface area contributed by atoms with Crippen molar-refractivity contribution < 1.29 is 4.39 Å². The second kappa shape index (κ2) is 8.93. The van der Waals surface area contributed by atoms with Gasteiger partial charge in [-0.3, -0.25) is 4.98 Å². The van der Waals surface area contributed by atoms with Crippen molar-refractivity contribution in [2.45, 2.75) is 0 Å². The minimum absolute atomic E-state index is 0.274.